The predicted molar refractivity (Wildman–Crippen MR) is 169 cm³/mol. The van der Waals surface area contributed by atoms with Gasteiger partial charge >= 0.3 is 0 Å². The first kappa shape index (κ1) is 23.9. The third-order valence-electron chi connectivity index (χ3n) is 8.03. The number of methoxy groups -OCH3 is 2. The highest BCUT2D eigenvalue weighted by Gasteiger charge is 2.20. The Kier molecular flexibility index (Phi) is 5.28. The maximum atomic E-state index is 6.94. The second kappa shape index (κ2) is 9.05. The molecule has 0 radical (unpaired) electrons. The van der Waals surface area contributed by atoms with Gasteiger partial charge in [-0.3, -0.25) is 0 Å². The van der Waals surface area contributed by atoms with E-state index in [2.05, 4.69) is 83.4 Å². The van der Waals surface area contributed by atoms with Crippen LogP contribution in [-0.4, -0.2) is 18.8 Å². The van der Waals surface area contributed by atoms with Crippen molar-refractivity contribution in [3.63, 3.8) is 0 Å². The summed E-state index contributed by atoms with van der Waals surface area (Å²) in [6.45, 7) is 0. The molecule has 198 valence electrons. The molecule has 0 spiro atoms. The molecule has 0 aliphatic rings. The molecule has 4 nitrogen and oxygen atoms in total. The first-order chi connectivity index (χ1) is 20.1. The second-order valence-electron chi connectivity index (χ2n) is 10.3. The highest BCUT2D eigenvalue weighted by Crippen LogP contribution is 2.43. The lowest BCUT2D eigenvalue weighted by Crippen LogP contribution is -1.95. The fourth-order valence-corrected chi connectivity index (χ4v) is 6.32. The maximum Gasteiger partial charge on any atom is 0.139 e. The number of ether oxygens (including phenoxy) is 2. The summed E-state index contributed by atoms with van der Waals surface area (Å²) in [7, 11) is 3.37. The van der Waals surface area contributed by atoms with E-state index in [1.807, 2.05) is 30.3 Å². The average molecular weight is 554 g/mol. The fraction of sp³-hybridized carbons (Fsp3) is 0.0556. The Bertz CT molecular complexity index is 2300. The van der Waals surface area contributed by atoms with Crippen molar-refractivity contribution in [2.24, 2.45) is 0 Å². The summed E-state index contributed by atoms with van der Waals surface area (Å²) in [5.41, 5.74) is 6.98. The largest absolute Gasteiger partial charge is 0.497 e. The van der Waals surface area contributed by atoms with Crippen LogP contribution in [0.5, 0.6) is 11.5 Å². The van der Waals surface area contributed by atoms with E-state index in [4.69, 9.17) is 25.5 Å². The normalized spacial score (nSPS) is 11.8. The molecule has 8 rings (SSSR count). The Balaban J connectivity index is 1.40. The minimum atomic E-state index is 0.670. The zero-order valence-electron chi connectivity index (χ0n) is 22.4. The second-order valence-corrected chi connectivity index (χ2v) is 10.7. The van der Waals surface area contributed by atoms with Gasteiger partial charge in [-0.15, -0.1) is 0 Å². The Hall–Kier alpha value is -4.93. The summed E-state index contributed by atoms with van der Waals surface area (Å²) < 4.78 is 19.7. The zero-order valence-corrected chi connectivity index (χ0v) is 23.2. The van der Waals surface area contributed by atoms with Crippen LogP contribution in [-0.2, 0) is 0 Å². The monoisotopic (exact) mass is 553 g/mol. The number of furan rings is 1. The first-order valence-electron chi connectivity index (χ1n) is 13.4. The van der Waals surface area contributed by atoms with E-state index in [0.717, 1.165) is 82.8 Å². The molecule has 0 saturated heterocycles. The molecule has 0 saturated carbocycles. The molecule has 0 atom stereocenters. The summed E-state index contributed by atoms with van der Waals surface area (Å²) in [6.07, 6.45) is 0. The van der Waals surface area contributed by atoms with Crippen molar-refractivity contribution in [1.29, 1.82) is 0 Å². The van der Waals surface area contributed by atoms with E-state index in [-0.39, 0.29) is 0 Å². The Labute approximate surface area is 240 Å². The van der Waals surface area contributed by atoms with Gasteiger partial charge in [0.1, 0.15) is 22.7 Å². The van der Waals surface area contributed by atoms with Crippen molar-refractivity contribution < 1.29 is 13.9 Å². The van der Waals surface area contributed by atoms with Crippen LogP contribution in [0.4, 0.5) is 0 Å². The lowest BCUT2D eigenvalue weighted by atomic mass is 10.0. The van der Waals surface area contributed by atoms with Gasteiger partial charge in [-0.1, -0.05) is 54.1 Å². The van der Waals surface area contributed by atoms with Crippen molar-refractivity contribution >= 4 is 66.1 Å². The van der Waals surface area contributed by atoms with E-state index in [9.17, 15) is 0 Å². The molecule has 0 aliphatic carbocycles. The van der Waals surface area contributed by atoms with Crippen molar-refractivity contribution in [1.82, 2.24) is 4.57 Å². The molecule has 0 amide bonds. The van der Waals surface area contributed by atoms with Crippen molar-refractivity contribution in [2.75, 3.05) is 14.2 Å². The Morgan fingerprint density at radius 3 is 2.32 bits per heavy atom. The summed E-state index contributed by atoms with van der Waals surface area (Å²) in [5.74, 6) is 1.57. The zero-order chi connectivity index (χ0) is 27.7. The lowest BCUT2D eigenvalue weighted by molar-refractivity contribution is 0.414. The molecule has 8 aromatic rings. The van der Waals surface area contributed by atoms with Gasteiger partial charge in [0.05, 0.1) is 35.7 Å². The number of hydrogen-bond acceptors (Lipinski definition) is 3. The molecule has 2 heterocycles. The molecule has 2 aromatic heterocycles. The molecule has 0 N–H and O–H groups in total. The molecule has 6 aromatic carbocycles. The van der Waals surface area contributed by atoms with Crippen LogP contribution in [0.3, 0.4) is 0 Å². The predicted octanol–water partition coefficient (Wildman–Crippen LogP) is 10.2. The summed E-state index contributed by atoms with van der Waals surface area (Å²) in [6, 6.07) is 37.6. The third kappa shape index (κ3) is 3.61. The van der Waals surface area contributed by atoms with Gasteiger partial charge in [-0.2, -0.15) is 0 Å². The number of hydrogen-bond donors (Lipinski definition) is 0. The van der Waals surface area contributed by atoms with Crippen LogP contribution >= 0.6 is 11.6 Å². The van der Waals surface area contributed by atoms with Crippen molar-refractivity contribution in [3.05, 3.63) is 114 Å². The highest BCUT2D eigenvalue weighted by molar-refractivity contribution is 6.37. The van der Waals surface area contributed by atoms with Gasteiger partial charge in [0.15, 0.2) is 0 Å². The minimum absolute atomic E-state index is 0.670. The van der Waals surface area contributed by atoms with Gasteiger partial charge in [-0.05, 0) is 82.6 Å². The number of rotatable bonds is 4. The SMILES string of the molecule is COc1ccc2c(c1)oc1cc3ccc(-n4c5ccc(-c6ccccc6)cc5c5c(OC)ccc(Cl)c54)cc3cc12. The molecule has 41 heavy (non-hydrogen) atoms. The molecular weight excluding hydrogens is 530 g/mol. The van der Waals surface area contributed by atoms with Crippen LogP contribution in [0.1, 0.15) is 0 Å². The van der Waals surface area contributed by atoms with E-state index in [1.165, 1.54) is 0 Å². The van der Waals surface area contributed by atoms with E-state index in [0.29, 0.717) is 5.02 Å². The number of halogens is 1. The van der Waals surface area contributed by atoms with Gasteiger partial charge < -0.3 is 18.5 Å². The molecule has 5 heteroatoms. The summed E-state index contributed by atoms with van der Waals surface area (Å²) >= 11 is 6.94. The van der Waals surface area contributed by atoms with Gasteiger partial charge in [0.25, 0.3) is 0 Å². The highest BCUT2D eigenvalue weighted by atomic mass is 35.5. The number of nitrogens with zero attached hydrogens (tertiary/aromatic N) is 1. The number of aromatic nitrogens is 1. The van der Waals surface area contributed by atoms with Gasteiger partial charge in [-0.25, -0.2) is 0 Å². The first-order valence-corrected chi connectivity index (χ1v) is 13.8. The van der Waals surface area contributed by atoms with Crippen LogP contribution in [0.15, 0.2) is 114 Å². The van der Waals surface area contributed by atoms with Crippen LogP contribution in [0, 0.1) is 0 Å². The van der Waals surface area contributed by atoms with Gasteiger partial charge in [0, 0.05) is 27.9 Å². The van der Waals surface area contributed by atoms with Gasteiger partial charge in [0.2, 0.25) is 0 Å². The van der Waals surface area contributed by atoms with E-state index in [1.54, 1.807) is 14.2 Å². The average Bonchev–Trinajstić information content (AvgIpc) is 3.55. The topological polar surface area (TPSA) is 36.5 Å². The smallest absolute Gasteiger partial charge is 0.139 e. The lowest BCUT2D eigenvalue weighted by Gasteiger charge is -2.11. The minimum Gasteiger partial charge on any atom is -0.497 e. The van der Waals surface area contributed by atoms with E-state index < -0.39 is 0 Å². The van der Waals surface area contributed by atoms with Crippen LogP contribution in [0.2, 0.25) is 5.02 Å². The quantitative estimate of drug-likeness (QED) is 0.217. The molecule has 0 bridgehead atoms. The molecule has 0 aliphatic heterocycles. The third-order valence-corrected chi connectivity index (χ3v) is 8.33. The Morgan fingerprint density at radius 2 is 1.49 bits per heavy atom. The van der Waals surface area contributed by atoms with E-state index >= 15 is 0 Å². The summed E-state index contributed by atoms with van der Waals surface area (Å²) in [4.78, 5) is 0. The molecular formula is C36H24ClNO3. The van der Waals surface area contributed by atoms with Crippen LogP contribution in [0.25, 0.3) is 71.3 Å². The molecule has 0 fully saturated rings. The summed E-state index contributed by atoms with van der Waals surface area (Å²) in [5, 5.41) is 7.10. The Morgan fingerprint density at radius 1 is 0.634 bits per heavy atom. The van der Waals surface area contributed by atoms with Crippen LogP contribution < -0.4 is 9.47 Å². The number of benzene rings is 6. The fourth-order valence-electron chi connectivity index (χ4n) is 6.08. The molecule has 0 unspecified atom stereocenters. The van der Waals surface area contributed by atoms with Crippen molar-refractivity contribution in [2.45, 2.75) is 0 Å². The maximum absolute atomic E-state index is 6.94. The van der Waals surface area contributed by atoms with Crippen molar-refractivity contribution in [3.8, 4) is 28.3 Å². The number of fused-ring (bicyclic) bond motifs is 7. The standard InChI is InChI=1S/C36H24ClNO3/c1-39-26-11-12-27-28-18-24-16-25(10-8-23(24)19-33(28)41-34(27)20-26)38-31-14-9-22(21-6-4-3-5-7-21)17-29(31)35-32(40-2)15-13-30(37)36(35)38/h3-20H,1-2H3.